The highest BCUT2D eigenvalue weighted by Gasteiger charge is 2.24. The van der Waals surface area contributed by atoms with E-state index in [9.17, 15) is 4.79 Å². The van der Waals surface area contributed by atoms with E-state index >= 15 is 0 Å². The zero-order valence-electron chi connectivity index (χ0n) is 15.5. The van der Waals surface area contributed by atoms with Crippen molar-refractivity contribution in [2.45, 2.75) is 39.2 Å². The standard InChI is InChI=1S/C21H22N4OS/c1-13(2)25-18-8-6-14(10-15(18)4-3-5-20(25)26)17-12-27-21(24-17)16-7-9-19(22)23-11-16/h6-13H,3-5H2,1-2H3,(H2,22,23). The van der Waals surface area contributed by atoms with Crippen molar-refractivity contribution in [3.63, 3.8) is 0 Å². The van der Waals surface area contributed by atoms with Gasteiger partial charge < -0.3 is 10.6 Å². The number of hydrogen-bond acceptors (Lipinski definition) is 5. The number of carbonyl (C=O) groups is 1. The maximum Gasteiger partial charge on any atom is 0.227 e. The summed E-state index contributed by atoms with van der Waals surface area (Å²) >= 11 is 1.59. The van der Waals surface area contributed by atoms with Gasteiger partial charge in [0.05, 0.1) is 5.69 Å². The average Bonchev–Trinajstić information content (AvgIpc) is 3.07. The van der Waals surface area contributed by atoms with Gasteiger partial charge in [0.2, 0.25) is 5.91 Å². The highest BCUT2D eigenvalue weighted by atomic mass is 32.1. The molecule has 4 rings (SSSR count). The summed E-state index contributed by atoms with van der Waals surface area (Å²) in [6.07, 6.45) is 4.16. The van der Waals surface area contributed by atoms with Crippen LogP contribution in [-0.4, -0.2) is 21.9 Å². The Kier molecular flexibility index (Phi) is 4.66. The predicted octanol–water partition coefficient (Wildman–Crippen LogP) is 4.53. The number of hydrogen-bond donors (Lipinski definition) is 1. The van der Waals surface area contributed by atoms with Crippen molar-refractivity contribution >= 4 is 28.7 Å². The van der Waals surface area contributed by atoms with Crippen LogP contribution >= 0.6 is 11.3 Å². The number of thiazole rings is 1. The van der Waals surface area contributed by atoms with Crippen LogP contribution in [-0.2, 0) is 11.2 Å². The second-order valence-electron chi connectivity index (χ2n) is 7.06. The second-order valence-corrected chi connectivity index (χ2v) is 7.92. The van der Waals surface area contributed by atoms with Gasteiger partial charge in [0, 0.05) is 40.9 Å². The molecule has 2 N–H and O–H groups in total. The highest BCUT2D eigenvalue weighted by molar-refractivity contribution is 7.13. The van der Waals surface area contributed by atoms with Gasteiger partial charge in [-0.05, 0) is 56.5 Å². The van der Waals surface area contributed by atoms with Gasteiger partial charge in [0.1, 0.15) is 10.8 Å². The summed E-state index contributed by atoms with van der Waals surface area (Å²) in [4.78, 5) is 23.3. The molecule has 1 amide bonds. The molecule has 3 heterocycles. The van der Waals surface area contributed by atoms with Gasteiger partial charge in [-0.25, -0.2) is 9.97 Å². The van der Waals surface area contributed by atoms with Gasteiger partial charge in [-0.15, -0.1) is 11.3 Å². The number of nitrogen functional groups attached to an aromatic ring is 1. The highest BCUT2D eigenvalue weighted by Crippen LogP contribution is 2.34. The van der Waals surface area contributed by atoms with Gasteiger partial charge >= 0.3 is 0 Å². The van der Waals surface area contributed by atoms with Crippen molar-refractivity contribution in [3.8, 4) is 21.8 Å². The molecule has 6 heteroatoms. The number of carbonyl (C=O) groups excluding carboxylic acids is 1. The molecule has 5 nitrogen and oxygen atoms in total. The summed E-state index contributed by atoms with van der Waals surface area (Å²) in [6, 6.07) is 10.2. The minimum absolute atomic E-state index is 0.157. The zero-order valence-corrected chi connectivity index (χ0v) is 16.3. The first-order valence-corrected chi connectivity index (χ1v) is 10.0. The topological polar surface area (TPSA) is 72.1 Å². The van der Waals surface area contributed by atoms with E-state index in [2.05, 4.69) is 42.4 Å². The number of nitrogens with two attached hydrogens (primary N) is 1. The van der Waals surface area contributed by atoms with Crippen LogP contribution in [0.25, 0.3) is 21.8 Å². The Morgan fingerprint density at radius 1 is 1.15 bits per heavy atom. The fraction of sp³-hybridized carbons (Fsp3) is 0.286. The van der Waals surface area contributed by atoms with Crippen LogP contribution in [0.3, 0.4) is 0 Å². The zero-order chi connectivity index (χ0) is 19.0. The minimum Gasteiger partial charge on any atom is -0.384 e. The fourth-order valence-corrected chi connectivity index (χ4v) is 4.32. The van der Waals surface area contributed by atoms with Crippen LogP contribution in [0.5, 0.6) is 0 Å². The van der Waals surface area contributed by atoms with Crippen LogP contribution in [0, 0.1) is 0 Å². The Labute approximate surface area is 162 Å². The van der Waals surface area contributed by atoms with Crippen molar-refractivity contribution < 1.29 is 4.79 Å². The van der Waals surface area contributed by atoms with Gasteiger partial charge in [-0.2, -0.15) is 0 Å². The Morgan fingerprint density at radius 2 is 1.96 bits per heavy atom. The van der Waals surface area contributed by atoms with Crippen LogP contribution in [0.2, 0.25) is 0 Å². The summed E-state index contributed by atoms with van der Waals surface area (Å²) in [7, 11) is 0. The molecule has 0 saturated carbocycles. The van der Waals surface area contributed by atoms with E-state index in [4.69, 9.17) is 10.7 Å². The third kappa shape index (κ3) is 3.45. The minimum atomic E-state index is 0.157. The Balaban J connectivity index is 1.69. The van der Waals surface area contributed by atoms with Gasteiger partial charge in [-0.1, -0.05) is 6.07 Å². The molecule has 0 saturated heterocycles. The first-order chi connectivity index (χ1) is 13.0. The SMILES string of the molecule is CC(C)N1C(=O)CCCc2cc(-c3csc(-c4ccc(N)nc4)n3)ccc21. The van der Waals surface area contributed by atoms with Crippen molar-refractivity contribution in [3.05, 3.63) is 47.5 Å². The molecular weight excluding hydrogens is 356 g/mol. The van der Waals surface area contributed by atoms with Crippen LogP contribution in [0.4, 0.5) is 11.5 Å². The summed E-state index contributed by atoms with van der Waals surface area (Å²) < 4.78 is 0. The number of fused-ring (bicyclic) bond motifs is 1. The number of rotatable bonds is 3. The van der Waals surface area contributed by atoms with E-state index in [0.29, 0.717) is 12.2 Å². The lowest BCUT2D eigenvalue weighted by Gasteiger charge is -2.27. The fourth-order valence-electron chi connectivity index (χ4n) is 3.50. The van der Waals surface area contributed by atoms with Crippen LogP contribution in [0.15, 0.2) is 41.9 Å². The average molecular weight is 379 g/mol. The Hall–Kier alpha value is -2.73. The number of amides is 1. The van der Waals surface area contributed by atoms with E-state index in [0.717, 1.165) is 40.4 Å². The van der Waals surface area contributed by atoms with E-state index in [1.165, 1.54) is 5.56 Å². The van der Waals surface area contributed by atoms with Crippen molar-refractivity contribution in [2.24, 2.45) is 0 Å². The lowest BCUT2D eigenvalue weighted by molar-refractivity contribution is -0.118. The summed E-state index contributed by atoms with van der Waals surface area (Å²) in [5, 5.41) is 2.99. The largest absolute Gasteiger partial charge is 0.384 e. The molecule has 1 aliphatic rings. The maximum absolute atomic E-state index is 12.5. The van der Waals surface area contributed by atoms with Gasteiger partial charge in [-0.3, -0.25) is 4.79 Å². The first-order valence-electron chi connectivity index (χ1n) is 9.15. The molecule has 0 fully saturated rings. The second kappa shape index (κ2) is 7.12. The molecule has 138 valence electrons. The molecule has 1 aliphatic heterocycles. The van der Waals surface area contributed by atoms with Gasteiger partial charge in [0.25, 0.3) is 0 Å². The third-order valence-electron chi connectivity index (χ3n) is 4.79. The molecule has 2 aromatic heterocycles. The van der Waals surface area contributed by atoms with Crippen molar-refractivity contribution in [1.82, 2.24) is 9.97 Å². The molecule has 0 aliphatic carbocycles. The number of aromatic nitrogens is 2. The number of nitrogens with zero attached hydrogens (tertiary/aromatic N) is 3. The summed E-state index contributed by atoms with van der Waals surface area (Å²) in [6.45, 7) is 4.13. The molecule has 0 unspecified atom stereocenters. The molecule has 0 atom stereocenters. The summed E-state index contributed by atoms with van der Waals surface area (Å²) in [5.41, 5.74) is 10.9. The molecule has 3 aromatic rings. The lowest BCUT2D eigenvalue weighted by atomic mass is 10.0. The smallest absolute Gasteiger partial charge is 0.227 e. The van der Waals surface area contributed by atoms with Crippen molar-refractivity contribution in [1.29, 1.82) is 0 Å². The third-order valence-corrected chi connectivity index (χ3v) is 5.69. The number of anilines is 2. The number of benzene rings is 1. The van der Waals surface area contributed by atoms with Crippen molar-refractivity contribution in [2.75, 3.05) is 10.6 Å². The van der Waals surface area contributed by atoms with E-state index in [-0.39, 0.29) is 11.9 Å². The molecule has 0 bridgehead atoms. The normalized spacial score (nSPS) is 14.3. The molecule has 0 radical (unpaired) electrons. The molecule has 27 heavy (non-hydrogen) atoms. The molecular formula is C21H22N4OS. The van der Waals surface area contributed by atoms with E-state index < -0.39 is 0 Å². The summed E-state index contributed by atoms with van der Waals surface area (Å²) in [5.74, 6) is 0.717. The van der Waals surface area contributed by atoms with E-state index in [1.807, 2.05) is 11.0 Å². The first kappa shape index (κ1) is 17.7. The number of pyridine rings is 1. The van der Waals surface area contributed by atoms with Crippen LogP contribution in [0.1, 0.15) is 32.3 Å². The Bertz CT molecular complexity index is 978. The predicted molar refractivity (Wildman–Crippen MR) is 111 cm³/mol. The number of aryl methyl sites for hydroxylation is 1. The van der Waals surface area contributed by atoms with Crippen LogP contribution < -0.4 is 10.6 Å². The molecule has 1 aromatic carbocycles. The van der Waals surface area contributed by atoms with Gasteiger partial charge in [0.15, 0.2) is 0 Å². The lowest BCUT2D eigenvalue weighted by Crippen LogP contribution is -2.36. The van der Waals surface area contributed by atoms with E-state index in [1.54, 1.807) is 23.6 Å². The Morgan fingerprint density at radius 3 is 2.70 bits per heavy atom. The monoisotopic (exact) mass is 378 g/mol. The maximum atomic E-state index is 12.5. The molecule has 0 spiro atoms. The quantitative estimate of drug-likeness (QED) is 0.727.